The molecule has 5 rings (SSSR count). The van der Waals surface area contributed by atoms with E-state index in [4.69, 9.17) is 0 Å². The number of imidazole rings is 1. The van der Waals surface area contributed by atoms with Gasteiger partial charge in [-0.2, -0.15) is 0 Å². The van der Waals surface area contributed by atoms with Crippen molar-refractivity contribution in [3.05, 3.63) is 47.9 Å². The van der Waals surface area contributed by atoms with Crippen molar-refractivity contribution < 1.29 is 19.1 Å². The van der Waals surface area contributed by atoms with Crippen LogP contribution in [0.1, 0.15) is 36.0 Å². The number of aromatic nitrogens is 3. The fraction of sp³-hybridized carbons (Fsp3) is 0.333. The summed E-state index contributed by atoms with van der Waals surface area (Å²) in [7, 11) is 0. The maximum absolute atomic E-state index is 13.2. The second-order valence-corrected chi connectivity index (χ2v) is 7.96. The Balaban J connectivity index is 1.50. The number of aliphatic carboxylic acids is 1. The van der Waals surface area contributed by atoms with Crippen LogP contribution >= 0.6 is 0 Å². The molecule has 2 heterocycles. The molecule has 0 spiro atoms. The minimum atomic E-state index is -1.21. The molecule has 2 aliphatic rings. The van der Waals surface area contributed by atoms with Crippen molar-refractivity contribution in [2.24, 2.45) is 11.8 Å². The Morgan fingerprint density at radius 2 is 2.00 bits per heavy atom. The zero-order chi connectivity index (χ0) is 20.2. The average molecular weight is 394 g/mol. The highest BCUT2D eigenvalue weighted by Crippen LogP contribution is 2.51. The van der Waals surface area contributed by atoms with Crippen molar-refractivity contribution in [3.63, 3.8) is 0 Å². The second-order valence-electron chi connectivity index (χ2n) is 7.96. The van der Waals surface area contributed by atoms with Gasteiger partial charge in [0.15, 0.2) is 5.65 Å². The fourth-order valence-electron chi connectivity index (χ4n) is 4.91. The molecule has 2 aromatic heterocycles. The van der Waals surface area contributed by atoms with E-state index in [1.807, 2.05) is 0 Å². The molecule has 2 bridgehead atoms. The Hall–Kier alpha value is -3.29. The SMILES string of the molecule is O=C(NC1(C(=O)O)CC2CCC1C2)c1ccnc2nc(-c3ccc(F)cc3)[nH]c12. The minimum absolute atomic E-state index is 0.0391. The quantitative estimate of drug-likeness (QED) is 0.630. The maximum atomic E-state index is 13.2. The third-order valence-corrected chi connectivity index (χ3v) is 6.32. The number of carbonyl (C=O) groups is 2. The van der Waals surface area contributed by atoms with Gasteiger partial charge in [-0.05, 0) is 67.9 Å². The van der Waals surface area contributed by atoms with Crippen LogP contribution in [0.2, 0.25) is 0 Å². The molecule has 0 radical (unpaired) electrons. The lowest BCUT2D eigenvalue weighted by Gasteiger charge is -2.34. The molecule has 7 nitrogen and oxygen atoms in total. The Labute approximate surface area is 165 Å². The normalized spacial score (nSPS) is 25.4. The Morgan fingerprint density at radius 3 is 2.66 bits per heavy atom. The number of rotatable bonds is 4. The maximum Gasteiger partial charge on any atom is 0.329 e. The van der Waals surface area contributed by atoms with Gasteiger partial charge in [-0.1, -0.05) is 0 Å². The van der Waals surface area contributed by atoms with E-state index in [0.717, 1.165) is 19.3 Å². The van der Waals surface area contributed by atoms with Gasteiger partial charge < -0.3 is 15.4 Å². The Kier molecular flexibility index (Phi) is 3.90. The third-order valence-electron chi connectivity index (χ3n) is 6.32. The predicted octanol–water partition coefficient (Wildman–Crippen LogP) is 3.14. The van der Waals surface area contributed by atoms with Crippen LogP contribution in [0.25, 0.3) is 22.6 Å². The molecule has 8 heteroatoms. The van der Waals surface area contributed by atoms with Gasteiger partial charge in [0.25, 0.3) is 5.91 Å². The van der Waals surface area contributed by atoms with Gasteiger partial charge in [-0.25, -0.2) is 19.2 Å². The van der Waals surface area contributed by atoms with Gasteiger partial charge in [-0.15, -0.1) is 0 Å². The van der Waals surface area contributed by atoms with Crippen molar-refractivity contribution in [2.45, 2.75) is 31.2 Å². The predicted molar refractivity (Wildman–Crippen MR) is 103 cm³/mol. The molecule has 2 fully saturated rings. The van der Waals surface area contributed by atoms with Crippen LogP contribution in [0.3, 0.4) is 0 Å². The zero-order valence-corrected chi connectivity index (χ0v) is 15.5. The second kappa shape index (κ2) is 6.37. The molecule has 3 unspecified atom stereocenters. The molecule has 29 heavy (non-hydrogen) atoms. The molecule has 3 atom stereocenters. The average Bonchev–Trinajstić information content (AvgIpc) is 3.42. The van der Waals surface area contributed by atoms with E-state index in [-0.39, 0.29) is 11.7 Å². The Bertz CT molecular complexity index is 1130. The van der Waals surface area contributed by atoms with Gasteiger partial charge in [0.2, 0.25) is 0 Å². The highest BCUT2D eigenvalue weighted by molar-refractivity contribution is 6.06. The molecule has 3 N–H and O–H groups in total. The Morgan fingerprint density at radius 1 is 1.21 bits per heavy atom. The molecular weight excluding hydrogens is 375 g/mol. The molecule has 2 saturated carbocycles. The fourth-order valence-corrected chi connectivity index (χ4v) is 4.91. The lowest BCUT2D eigenvalue weighted by atomic mass is 9.80. The zero-order valence-electron chi connectivity index (χ0n) is 15.5. The lowest BCUT2D eigenvalue weighted by molar-refractivity contribution is -0.146. The monoisotopic (exact) mass is 394 g/mol. The number of nitrogens with zero attached hydrogens (tertiary/aromatic N) is 2. The molecular formula is C21H19FN4O3. The van der Waals surface area contributed by atoms with E-state index in [0.29, 0.717) is 40.5 Å². The number of hydrogen-bond donors (Lipinski definition) is 3. The number of amides is 1. The highest BCUT2D eigenvalue weighted by Gasteiger charge is 2.56. The molecule has 1 amide bonds. The molecule has 3 aromatic rings. The van der Waals surface area contributed by atoms with Gasteiger partial charge in [-0.3, -0.25) is 4.79 Å². The van der Waals surface area contributed by atoms with Gasteiger partial charge in [0, 0.05) is 11.8 Å². The summed E-state index contributed by atoms with van der Waals surface area (Å²) in [5.41, 5.74) is 0.502. The summed E-state index contributed by atoms with van der Waals surface area (Å²) in [6.45, 7) is 0. The van der Waals surface area contributed by atoms with Crippen molar-refractivity contribution >= 4 is 23.0 Å². The molecule has 0 saturated heterocycles. The summed E-state index contributed by atoms with van der Waals surface area (Å²) in [4.78, 5) is 36.8. The number of carboxylic acids is 1. The number of benzene rings is 1. The smallest absolute Gasteiger partial charge is 0.329 e. The van der Waals surface area contributed by atoms with E-state index >= 15 is 0 Å². The summed E-state index contributed by atoms with van der Waals surface area (Å²) in [6.07, 6.45) is 4.63. The van der Waals surface area contributed by atoms with Crippen molar-refractivity contribution in [3.8, 4) is 11.4 Å². The largest absolute Gasteiger partial charge is 0.479 e. The van der Waals surface area contributed by atoms with E-state index < -0.39 is 17.4 Å². The van der Waals surface area contributed by atoms with Gasteiger partial charge >= 0.3 is 5.97 Å². The van der Waals surface area contributed by atoms with Crippen LogP contribution in [0.15, 0.2) is 36.5 Å². The first-order valence-electron chi connectivity index (χ1n) is 9.63. The first-order valence-corrected chi connectivity index (χ1v) is 9.63. The summed E-state index contributed by atoms with van der Waals surface area (Å²) < 4.78 is 13.2. The van der Waals surface area contributed by atoms with Crippen molar-refractivity contribution in [2.75, 3.05) is 0 Å². The van der Waals surface area contributed by atoms with Crippen LogP contribution in [0.5, 0.6) is 0 Å². The molecule has 148 valence electrons. The first-order chi connectivity index (χ1) is 14.0. The standard InChI is InChI=1S/C21H19FN4O3/c22-14-5-2-12(3-6-14)17-24-16-15(7-8-23-18(16)25-17)19(27)26-21(20(28)29)10-11-1-4-13(21)9-11/h2-3,5-8,11,13H,1,4,9-10H2,(H,26,27)(H,28,29)(H,23,24,25). The van der Waals surface area contributed by atoms with Crippen LogP contribution in [-0.2, 0) is 4.79 Å². The number of fused-ring (bicyclic) bond motifs is 3. The number of carboxylic acid groups (broad SMARTS) is 1. The third kappa shape index (κ3) is 2.78. The van der Waals surface area contributed by atoms with E-state index in [1.165, 1.54) is 18.3 Å². The number of H-pyrrole nitrogens is 1. The molecule has 1 aromatic carbocycles. The number of carbonyl (C=O) groups excluding carboxylic acids is 1. The van der Waals surface area contributed by atoms with Crippen LogP contribution in [0, 0.1) is 17.7 Å². The van der Waals surface area contributed by atoms with Gasteiger partial charge in [0.1, 0.15) is 17.2 Å². The van der Waals surface area contributed by atoms with Gasteiger partial charge in [0.05, 0.1) is 11.1 Å². The lowest BCUT2D eigenvalue weighted by Crippen LogP contribution is -2.58. The number of halogens is 1. The number of hydrogen-bond acceptors (Lipinski definition) is 4. The summed E-state index contributed by atoms with van der Waals surface area (Å²) in [5.74, 6) is -1.01. The summed E-state index contributed by atoms with van der Waals surface area (Å²) in [5, 5.41) is 12.7. The van der Waals surface area contributed by atoms with E-state index in [1.54, 1.807) is 18.2 Å². The van der Waals surface area contributed by atoms with Crippen molar-refractivity contribution in [1.29, 1.82) is 0 Å². The van der Waals surface area contributed by atoms with E-state index in [9.17, 15) is 19.1 Å². The molecule has 0 aliphatic heterocycles. The van der Waals surface area contributed by atoms with Crippen molar-refractivity contribution in [1.82, 2.24) is 20.3 Å². The highest BCUT2D eigenvalue weighted by atomic mass is 19.1. The van der Waals surface area contributed by atoms with Crippen LogP contribution in [0.4, 0.5) is 4.39 Å². The van der Waals surface area contributed by atoms with Crippen LogP contribution in [-0.4, -0.2) is 37.5 Å². The topological polar surface area (TPSA) is 108 Å². The summed E-state index contributed by atoms with van der Waals surface area (Å²) >= 11 is 0. The summed E-state index contributed by atoms with van der Waals surface area (Å²) in [6, 6.07) is 7.38. The molecule has 2 aliphatic carbocycles. The number of pyridine rings is 1. The first kappa shape index (κ1) is 17.8. The number of nitrogens with one attached hydrogen (secondary N) is 2. The van der Waals surface area contributed by atoms with Crippen LogP contribution < -0.4 is 5.32 Å². The number of aromatic amines is 1. The van der Waals surface area contributed by atoms with E-state index in [2.05, 4.69) is 20.3 Å². The minimum Gasteiger partial charge on any atom is -0.479 e.